The molecule has 0 bridgehead atoms. The van der Waals surface area contributed by atoms with Gasteiger partial charge in [0.25, 0.3) is 5.91 Å². The van der Waals surface area contributed by atoms with Crippen molar-refractivity contribution >= 4 is 21.4 Å². The number of carbonyl (C=O) groups is 1. The van der Waals surface area contributed by atoms with Crippen LogP contribution < -0.4 is 11.1 Å². The quantitative estimate of drug-likeness (QED) is 0.771. The molecule has 3 N–H and O–H groups in total. The molecule has 2 rings (SSSR count). The highest BCUT2D eigenvalue weighted by atomic mass is 32.2. The fourth-order valence-corrected chi connectivity index (χ4v) is 2.13. The molecule has 1 amide bonds. The Balaban J connectivity index is 2.27. The van der Waals surface area contributed by atoms with Crippen molar-refractivity contribution < 1.29 is 13.2 Å². The van der Waals surface area contributed by atoms with Crippen molar-refractivity contribution in [2.75, 3.05) is 12.0 Å². The number of nitrogens with one attached hydrogen (secondary N) is 1. The van der Waals surface area contributed by atoms with Crippen molar-refractivity contribution in [3.05, 3.63) is 23.8 Å². The number of carbonyl (C=O) groups excluding carboxylic acids is 1. The van der Waals surface area contributed by atoms with Crippen LogP contribution in [-0.4, -0.2) is 26.6 Å². The molecule has 0 atom stereocenters. The van der Waals surface area contributed by atoms with Crippen LogP contribution in [-0.2, 0) is 9.84 Å². The lowest BCUT2D eigenvalue weighted by Crippen LogP contribution is -2.26. The number of nitrogens with two attached hydrogens (primary N) is 1. The van der Waals surface area contributed by atoms with Gasteiger partial charge in [-0.25, -0.2) is 8.42 Å². The van der Waals surface area contributed by atoms with E-state index in [1.54, 1.807) is 0 Å². The molecule has 0 aliphatic heterocycles. The first kappa shape index (κ1) is 11.9. The van der Waals surface area contributed by atoms with Crippen molar-refractivity contribution in [1.29, 1.82) is 0 Å². The van der Waals surface area contributed by atoms with E-state index in [2.05, 4.69) is 5.32 Å². The predicted molar refractivity (Wildman–Crippen MR) is 64.5 cm³/mol. The molecule has 1 saturated carbocycles. The summed E-state index contributed by atoms with van der Waals surface area (Å²) in [4.78, 5) is 11.9. The Labute approximate surface area is 99.9 Å². The van der Waals surface area contributed by atoms with Crippen LogP contribution in [0, 0.1) is 0 Å². The molecule has 92 valence electrons. The number of amides is 1. The normalized spacial score (nSPS) is 15.6. The van der Waals surface area contributed by atoms with E-state index in [0.29, 0.717) is 5.56 Å². The molecule has 6 heteroatoms. The van der Waals surface area contributed by atoms with Crippen LogP contribution in [0.3, 0.4) is 0 Å². The van der Waals surface area contributed by atoms with E-state index in [1.165, 1.54) is 18.2 Å². The molecular weight excluding hydrogens is 240 g/mol. The van der Waals surface area contributed by atoms with E-state index in [1.807, 2.05) is 0 Å². The lowest BCUT2D eigenvalue weighted by molar-refractivity contribution is 0.0952. The van der Waals surface area contributed by atoms with Crippen molar-refractivity contribution in [1.82, 2.24) is 5.32 Å². The Morgan fingerprint density at radius 2 is 2.06 bits per heavy atom. The lowest BCUT2D eigenvalue weighted by Gasteiger charge is -2.07. The second-order valence-electron chi connectivity index (χ2n) is 4.27. The van der Waals surface area contributed by atoms with Crippen LogP contribution in [0.25, 0.3) is 0 Å². The molecule has 0 aromatic heterocycles. The number of anilines is 1. The molecule has 1 aliphatic rings. The third-order valence-electron chi connectivity index (χ3n) is 2.61. The standard InChI is InChI=1S/C11H14N2O3S/c1-17(15,16)8-4-5-9(10(12)6-8)11(14)13-7-2-3-7/h4-7H,2-3,12H2,1H3,(H,13,14). The molecule has 1 fully saturated rings. The number of hydrogen-bond acceptors (Lipinski definition) is 4. The minimum absolute atomic E-state index is 0.123. The SMILES string of the molecule is CS(=O)(=O)c1ccc(C(=O)NC2CC2)c(N)c1. The molecule has 0 heterocycles. The van der Waals surface area contributed by atoms with Crippen LogP contribution in [0.15, 0.2) is 23.1 Å². The van der Waals surface area contributed by atoms with Gasteiger partial charge in [0.15, 0.2) is 9.84 Å². The Bertz CT molecular complexity index is 562. The highest BCUT2D eigenvalue weighted by Gasteiger charge is 2.24. The third-order valence-corrected chi connectivity index (χ3v) is 3.72. The van der Waals surface area contributed by atoms with Crippen molar-refractivity contribution in [3.8, 4) is 0 Å². The summed E-state index contributed by atoms with van der Waals surface area (Å²) in [5.41, 5.74) is 6.20. The largest absolute Gasteiger partial charge is 0.398 e. The zero-order chi connectivity index (χ0) is 12.6. The highest BCUT2D eigenvalue weighted by molar-refractivity contribution is 7.90. The molecule has 17 heavy (non-hydrogen) atoms. The van der Waals surface area contributed by atoms with E-state index in [4.69, 9.17) is 5.73 Å². The van der Waals surface area contributed by atoms with Gasteiger partial charge in [0.2, 0.25) is 0 Å². The summed E-state index contributed by atoms with van der Waals surface area (Å²) < 4.78 is 22.6. The number of nitrogen functional groups attached to an aromatic ring is 1. The van der Waals surface area contributed by atoms with Crippen LogP contribution in [0.1, 0.15) is 23.2 Å². The van der Waals surface area contributed by atoms with Gasteiger partial charge in [-0.05, 0) is 31.0 Å². The van der Waals surface area contributed by atoms with E-state index >= 15 is 0 Å². The van der Waals surface area contributed by atoms with Gasteiger partial charge in [-0.1, -0.05) is 0 Å². The Hall–Kier alpha value is -1.56. The molecule has 1 aliphatic carbocycles. The van der Waals surface area contributed by atoms with Gasteiger partial charge in [-0.2, -0.15) is 0 Å². The minimum atomic E-state index is -3.29. The summed E-state index contributed by atoms with van der Waals surface area (Å²) in [6.45, 7) is 0. The highest BCUT2D eigenvalue weighted by Crippen LogP contribution is 2.22. The first-order chi connectivity index (χ1) is 7.88. The molecule has 0 spiro atoms. The number of hydrogen-bond donors (Lipinski definition) is 2. The third kappa shape index (κ3) is 2.76. The Morgan fingerprint density at radius 1 is 1.41 bits per heavy atom. The zero-order valence-electron chi connectivity index (χ0n) is 9.43. The van der Waals surface area contributed by atoms with E-state index in [9.17, 15) is 13.2 Å². The van der Waals surface area contributed by atoms with Gasteiger partial charge < -0.3 is 11.1 Å². The van der Waals surface area contributed by atoms with E-state index in [-0.39, 0.29) is 22.5 Å². The maximum absolute atomic E-state index is 11.7. The van der Waals surface area contributed by atoms with Crippen LogP contribution >= 0.6 is 0 Å². The lowest BCUT2D eigenvalue weighted by atomic mass is 10.1. The number of sulfone groups is 1. The summed E-state index contributed by atoms with van der Waals surface area (Å²) in [7, 11) is -3.29. The van der Waals surface area contributed by atoms with Gasteiger partial charge in [0.1, 0.15) is 0 Å². The van der Waals surface area contributed by atoms with Crippen molar-refractivity contribution in [2.45, 2.75) is 23.8 Å². The summed E-state index contributed by atoms with van der Waals surface area (Å²) in [5.74, 6) is -0.245. The molecule has 5 nitrogen and oxygen atoms in total. The Morgan fingerprint density at radius 3 is 2.53 bits per heavy atom. The van der Waals surface area contributed by atoms with Gasteiger partial charge in [-0.3, -0.25) is 4.79 Å². The molecule has 0 radical (unpaired) electrons. The van der Waals surface area contributed by atoms with E-state index in [0.717, 1.165) is 19.1 Å². The second kappa shape index (κ2) is 4.03. The number of rotatable bonds is 3. The van der Waals surface area contributed by atoms with Crippen LogP contribution in [0.2, 0.25) is 0 Å². The maximum Gasteiger partial charge on any atom is 0.253 e. The van der Waals surface area contributed by atoms with Crippen LogP contribution in [0.5, 0.6) is 0 Å². The summed E-state index contributed by atoms with van der Waals surface area (Å²) in [6, 6.07) is 4.41. The van der Waals surface area contributed by atoms with Gasteiger partial charge in [-0.15, -0.1) is 0 Å². The average molecular weight is 254 g/mol. The topological polar surface area (TPSA) is 89.3 Å². The molecular formula is C11H14N2O3S. The molecule has 0 unspecified atom stereocenters. The summed E-state index contributed by atoms with van der Waals surface area (Å²) >= 11 is 0. The summed E-state index contributed by atoms with van der Waals surface area (Å²) in [6.07, 6.45) is 3.09. The monoisotopic (exact) mass is 254 g/mol. The first-order valence-electron chi connectivity index (χ1n) is 5.28. The molecule has 1 aromatic carbocycles. The predicted octanol–water partition coefficient (Wildman–Crippen LogP) is 0.565. The minimum Gasteiger partial charge on any atom is -0.398 e. The average Bonchev–Trinajstić information content (AvgIpc) is 2.99. The fourth-order valence-electron chi connectivity index (χ4n) is 1.47. The molecule has 1 aromatic rings. The van der Waals surface area contributed by atoms with Crippen molar-refractivity contribution in [3.63, 3.8) is 0 Å². The summed E-state index contributed by atoms with van der Waals surface area (Å²) in [5, 5.41) is 2.80. The maximum atomic E-state index is 11.7. The molecule has 0 saturated heterocycles. The van der Waals surface area contributed by atoms with Crippen LogP contribution in [0.4, 0.5) is 5.69 Å². The zero-order valence-corrected chi connectivity index (χ0v) is 10.3. The van der Waals surface area contributed by atoms with Gasteiger partial charge in [0.05, 0.1) is 10.5 Å². The first-order valence-corrected chi connectivity index (χ1v) is 7.17. The van der Waals surface area contributed by atoms with E-state index < -0.39 is 9.84 Å². The van der Waals surface area contributed by atoms with Gasteiger partial charge in [0, 0.05) is 18.0 Å². The Kier molecular flexibility index (Phi) is 2.82. The number of benzene rings is 1. The van der Waals surface area contributed by atoms with Gasteiger partial charge >= 0.3 is 0 Å². The fraction of sp³-hybridized carbons (Fsp3) is 0.364. The second-order valence-corrected chi connectivity index (χ2v) is 6.28. The smallest absolute Gasteiger partial charge is 0.253 e. The van der Waals surface area contributed by atoms with Crippen molar-refractivity contribution in [2.24, 2.45) is 0 Å².